The maximum absolute atomic E-state index is 12.7. The number of carbonyl (C=O) groups excluding carboxylic acids is 1. The van der Waals surface area contributed by atoms with Crippen LogP contribution in [0.5, 0.6) is 5.75 Å². The molecule has 0 aliphatic rings. The lowest BCUT2D eigenvalue weighted by molar-refractivity contribution is 0.0998. The minimum Gasteiger partial charge on any atom is -0.497 e. The van der Waals surface area contributed by atoms with Gasteiger partial charge in [-0.2, -0.15) is 4.99 Å². The van der Waals surface area contributed by atoms with Gasteiger partial charge < -0.3 is 9.30 Å². The Morgan fingerprint density at radius 1 is 1.00 bits per heavy atom. The molecule has 0 aliphatic carbocycles. The lowest BCUT2D eigenvalue weighted by Gasteiger charge is -2.09. The summed E-state index contributed by atoms with van der Waals surface area (Å²) in [5, 5.41) is 1.04. The Morgan fingerprint density at radius 2 is 1.64 bits per heavy atom. The Labute approximate surface area is 203 Å². The van der Waals surface area contributed by atoms with Crippen LogP contribution in [-0.2, 0) is 17.1 Å². The molecular formula is C22H17Cl2N3O4S2. The third-order valence-corrected chi connectivity index (χ3v) is 8.10. The first-order chi connectivity index (χ1) is 15.7. The van der Waals surface area contributed by atoms with Crippen LogP contribution in [0.2, 0.25) is 10.0 Å². The molecule has 0 unspecified atom stereocenters. The van der Waals surface area contributed by atoms with E-state index in [0.717, 1.165) is 4.70 Å². The van der Waals surface area contributed by atoms with Gasteiger partial charge >= 0.3 is 0 Å². The average molecular weight is 522 g/mol. The number of carbonyl (C=O) groups is 1. The van der Waals surface area contributed by atoms with Crippen LogP contribution in [0.25, 0.3) is 10.2 Å². The first kappa shape index (κ1) is 23.3. The van der Waals surface area contributed by atoms with E-state index < -0.39 is 15.9 Å². The van der Waals surface area contributed by atoms with Crippen molar-refractivity contribution in [3.63, 3.8) is 0 Å². The van der Waals surface area contributed by atoms with Gasteiger partial charge in [0, 0.05) is 18.3 Å². The molecule has 1 aromatic heterocycles. The molecule has 0 saturated heterocycles. The summed E-state index contributed by atoms with van der Waals surface area (Å²) in [5.41, 5.74) is 1.31. The molecule has 1 N–H and O–H groups in total. The van der Waals surface area contributed by atoms with Gasteiger partial charge in [-0.15, -0.1) is 0 Å². The summed E-state index contributed by atoms with van der Waals surface area (Å²) in [6, 6.07) is 15.4. The van der Waals surface area contributed by atoms with Crippen LogP contribution in [0, 0.1) is 0 Å². The van der Waals surface area contributed by atoms with E-state index in [-0.39, 0.29) is 4.90 Å². The zero-order chi connectivity index (χ0) is 23.8. The monoisotopic (exact) mass is 521 g/mol. The number of hydrogen-bond acceptors (Lipinski definition) is 5. The number of thiazole rings is 1. The van der Waals surface area contributed by atoms with Crippen LogP contribution >= 0.6 is 34.5 Å². The van der Waals surface area contributed by atoms with Crippen molar-refractivity contribution in [1.82, 2.24) is 4.57 Å². The number of halogens is 2. The summed E-state index contributed by atoms with van der Waals surface area (Å²) in [7, 11) is -0.533. The lowest BCUT2D eigenvalue weighted by Crippen LogP contribution is -2.14. The predicted molar refractivity (Wildman–Crippen MR) is 131 cm³/mol. The molecule has 3 aromatic carbocycles. The number of rotatable bonds is 5. The maximum atomic E-state index is 12.7. The van der Waals surface area contributed by atoms with E-state index in [9.17, 15) is 13.2 Å². The van der Waals surface area contributed by atoms with E-state index in [1.54, 1.807) is 35.9 Å². The normalized spacial score (nSPS) is 12.2. The molecule has 7 nitrogen and oxygen atoms in total. The summed E-state index contributed by atoms with van der Waals surface area (Å²) in [4.78, 5) is 17.4. The van der Waals surface area contributed by atoms with Gasteiger partial charge in [0.05, 0.1) is 32.3 Å². The summed E-state index contributed by atoms with van der Waals surface area (Å²) >= 11 is 13.8. The second kappa shape index (κ2) is 9.18. The predicted octanol–water partition coefficient (Wildman–Crippen LogP) is 5.10. The number of ether oxygens (including phenoxy) is 1. The van der Waals surface area contributed by atoms with E-state index in [4.69, 9.17) is 27.9 Å². The zero-order valence-corrected chi connectivity index (χ0v) is 20.5. The van der Waals surface area contributed by atoms with Gasteiger partial charge in [0.25, 0.3) is 15.9 Å². The smallest absolute Gasteiger partial charge is 0.279 e. The molecule has 4 rings (SSSR count). The molecule has 0 atom stereocenters. The van der Waals surface area contributed by atoms with Crippen molar-refractivity contribution in [3.05, 3.63) is 81.1 Å². The Bertz CT molecular complexity index is 1530. The Kier molecular flexibility index (Phi) is 6.49. The fraction of sp³-hybridized carbons (Fsp3) is 0.0909. The summed E-state index contributed by atoms with van der Waals surface area (Å²) < 4.78 is 35.1. The van der Waals surface area contributed by atoms with Crippen molar-refractivity contribution in [2.75, 3.05) is 11.8 Å². The molecule has 0 radical (unpaired) electrons. The van der Waals surface area contributed by atoms with Crippen molar-refractivity contribution in [2.24, 2.45) is 12.0 Å². The fourth-order valence-corrected chi connectivity index (χ4v) is 5.80. The lowest BCUT2D eigenvalue weighted by atomic mass is 10.2. The number of anilines is 1. The average Bonchev–Trinajstić information content (AvgIpc) is 3.13. The molecule has 1 heterocycles. The first-order valence-electron chi connectivity index (χ1n) is 9.49. The van der Waals surface area contributed by atoms with E-state index in [1.165, 1.54) is 54.8 Å². The fourth-order valence-electron chi connectivity index (χ4n) is 3.09. The van der Waals surface area contributed by atoms with E-state index in [1.807, 2.05) is 0 Å². The van der Waals surface area contributed by atoms with Crippen molar-refractivity contribution in [1.29, 1.82) is 0 Å². The number of nitrogens with one attached hydrogen (secondary N) is 1. The molecule has 0 saturated carbocycles. The van der Waals surface area contributed by atoms with Crippen molar-refractivity contribution >= 4 is 66.4 Å². The topological polar surface area (TPSA) is 89.8 Å². The molecule has 0 fully saturated rings. The number of aromatic nitrogens is 1. The molecule has 1 amide bonds. The summed E-state index contributed by atoms with van der Waals surface area (Å²) in [6.45, 7) is 0. The van der Waals surface area contributed by atoms with Gasteiger partial charge in [0.1, 0.15) is 5.75 Å². The Balaban J connectivity index is 1.58. The number of nitrogens with zero attached hydrogens (tertiary/aromatic N) is 2. The highest BCUT2D eigenvalue weighted by atomic mass is 35.5. The molecule has 0 aliphatic heterocycles. The molecule has 0 bridgehead atoms. The molecule has 11 heteroatoms. The van der Waals surface area contributed by atoms with E-state index in [0.29, 0.717) is 37.4 Å². The van der Waals surface area contributed by atoms with Gasteiger partial charge in [-0.1, -0.05) is 34.5 Å². The largest absolute Gasteiger partial charge is 0.497 e. The van der Waals surface area contributed by atoms with E-state index >= 15 is 0 Å². The van der Waals surface area contributed by atoms with Crippen molar-refractivity contribution in [2.45, 2.75) is 4.90 Å². The SMILES string of the molecule is COc1ccc(S(=O)(=O)Nc2ccc(C(=O)N=c3sc4c(Cl)ccc(Cl)c4n3C)cc2)cc1. The molecular weight excluding hydrogens is 505 g/mol. The quantitative estimate of drug-likeness (QED) is 0.395. The Hall–Kier alpha value is -2.85. The minimum absolute atomic E-state index is 0.0908. The van der Waals surface area contributed by atoms with Crippen LogP contribution in [0.15, 0.2) is 70.6 Å². The number of sulfonamides is 1. The van der Waals surface area contributed by atoms with Crippen molar-refractivity contribution in [3.8, 4) is 5.75 Å². The standard InChI is InChI=1S/C22H17Cl2N3O4S2/c1-27-19-17(23)11-12-18(24)20(19)32-22(27)25-21(28)13-3-5-14(6-4-13)26-33(29,30)16-9-7-15(31-2)8-10-16/h3-12,26H,1-2H3. The number of aryl methyl sites for hydroxylation is 1. The van der Waals surface area contributed by atoms with Gasteiger partial charge in [0.2, 0.25) is 0 Å². The number of amides is 1. The Morgan fingerprint density at radius 3 is 2.24 bits per heavy atom. The third kappa shape index (κ3) is 4.77. The summed E-state index contributed by atoms with van der Waals surface area (Å²) in [5.74, 6) is 0.0751. The highest BCUT2D eigenvalue weighted by Gasteiger charge is 2.15. The molecule has 170 valence electrons. The second-order valence-electron chi connectivity index (χ2n) is 6.93. The second-order valence-corrected chi connectivity index (χ2v) is 10.4. The van der Waals surface area contributed by atoms with Gasteiger partial charge in [-0.25, -0.2) is 8.42 Å². The van der Waals surface area contributed by atoms with Crippen LogP contribution in [0.1, 0.15) is 10.4 Å². The van der Waals surface area contributed by atoms with E-state index in [2.05, 4.69) is 9.71 Å². The minimum atomic E-state index is -3.79. The zero-order valence-electron chi connectivity index (χ0n) is 17.4. The van der Waals surface area contributed by atoms with Crippen LogP contribution in [0.3, 0.4) is 0 Å². The molecule has 0 spiro atoms. The third-order valence-electron chi connectivity index (χ3n) is 4.80. The number of methoxy groups -OCH3 is 1. The first-order valence-corrected chi connectivity index (χ1v) is 12.5. The highest BCUT2D eigenvalue weighted by Crippen LogP contribution is 2.31. The number of hydrogen-bond donors (Lipinski definition) is 1. The van der Waals surface area contributed by atoms with Crippen LogP contribution in [-0.4, -0.2) is 26.0 Å². The number of benzene rings is 3. The van der Waals surface area contributed by atoms with Gasteiger partial charge in [0.15, 0.2) is 4.80 Å². The maximum Gasteiger partial charge on any atom is 0.279 e. The van der Waals surface area contributed by atoms with Crippen LogP contribution in [0.4, 0.5) is 5.69 Å². The number of fused-ring (bicyclic) bond motifs is 1. The molecule has 4 aromatic rings. The van der Waals surface area contributed by atoms with Crippen LogP contribution < -0.4 is 14.3 Å². The van der Waals surface area contributed by atoms with Crippen molar-refractivity contribution < 1.29 is 17.9 Å². The van der Waals surface area contributed by atoms with Gasteiger partial charge in [-0.3, -0.25) is 9.52 Å². The highest BCUT2D eigenvalue weighted by molar-refractivity contribution is 7.92. The van der Waals surface area contributed by atoms with Gasteiger partial charge in [-0.05, 0) is 60.7 Å². The summed E-state index contributed by atoms with van der Waals surface area (Å²) in [6.07, 6.45) is 0. The molecule has 33 heavy (non-hydrogen) atoms.